The fourth-order valence-electron chi connectivity index (χ4n) is 2.91. The molecule has 3 rings (SSSR count). The highest BCUT2D eigenvalue weighted by Gasteiger charge is 2.09. The minimum atomic E-state index is -0.459. The highest BCUT2D eigenvalue weighted by molar-refractivity contribution is 5.50. The van der Waals surface area contributed by atoms with Gasteiger partial charge in [-0.05, 0) is 16.7 Å². The van der Waals surface area contributed by atoms with Gasteiger partial charge in [-0.25, -0.2) is 0 Å². The molecule has 1 unspecified atom stereocenters. The Morgan fingerprint density at radius 3 is 2.42 bits per heavy atom. The molecule has 2 aromatic rings. The van der Waals surface area contributed by atoms with Crippen LogP contribution in [0.3, 0.4) is 0 Å². The maximum Gasteiger partial charge on any atom is 0.0830 e. The summed E-state index contributed by atoms with van der Waals surface area (Å²) in [5.74, 6) is 0. The van der Waals surface area contributed by atoms with E-state index in [4.69, 9.17) is 4.74 Å². The summed E-state index contributed by atoms with van der Waals surface area (Å²) >= 11 is 0. The second-order valence-corrected chi connectivity index (χ2v) is 6.19. The van der Waals surface area contributed by atoms with Crippen LogP contribution in [0.5, 0.6) is 0 Å². The molecule has 1 atom stereocenters. The molecule has 2 aromatic carbocycles. The molecule has 1 N–H and O–H groups in total. The molecule has 1 aliphatic rings. The van der Waals surface area contributed by atoms with Crippen molar-refractivity contribution < 1.29 is 9.84 Å². The van der Waals surface area contributed by atoms with Crippen molar-refractivity contribution in [2.24, 2.45) is 0 Å². The molecular formula is C21H25NO2. The third-order valence-electron chi connectivity index (χ3n) is 4.37. The molecule has 1 heterocycles. The van der Waals surface area contributed by atoms with Gasteiger partial charge in [0.1, 0.15) is 0 Å². The van der Waals surface area contributed by atoms with Gasteiger partial charge in [-0.2, -0.15) is 0 Å². The van der Waals surface area contributed by atoms with Crippen molar-refractivity contribution in [2.75, 3.05) is 32.8 Å². The number of aliphatic hydroxyl groups is 1. The van der Waals surface area contributed by atoms with E-state index >= 15 is 0 Å². The first kappa shape index (κ1) is 16.9. The van der Waals surface area contributed by atoms with Crippen LogP contribution in [-0.4, -0.2) is 42.9 Å². The fraction of sp³-hybridized carbons (Fsp3) is 0.333. The van der Waals surface area contributed by atoms with E-state index in [9.17, 15) is 5.11 Å². The van der Waals surface area contributed by atoms with Crippen molar-refractivity contribution >= 4 is 6.08 Å². The number of hydrogen-bond donors (Lipinski definition) is 1. The van der Waals surface area contributed by atoms with Crippen LogP contribution in [0.15, 0.2) is 60.7 Å². The Morgan fingerprint density at radius 2 is 1.71 bits per heavy atom. The number of benzene rings is 2. The zero-order valence-corrected chi connectivity index (χ0v) is 14.0. The maximum absolute atomic E-state index is 10.4. The molecule has 0 radical (unpaired) electrons. The number of nitrogens with zero attached hydrogens (tertiary/aromatic N) is 1. The molecule has 0 bridgehead atoms. The molecule has 1 fully saturated rings. The minimum Gasteiger partial charge on any atom is -0.388 e. The molecule has 0 aromatic heterocycles. The number of aliphatic hydroxyl groups excluding tert-OH is 1. The summed E-state index contributed by atoms with van der Waals surface area (Å²) in [5.41, 5.74) is 3.28. The van der Waals surface area contributed by atoms with E-state index < -0.39 is 6.10 Å². The van der Waals surface area contributed by atoms with Crippen molar-refractivity contribution in [3.05, 3.63) is 77.4 Å². The smallest absolute Gasteiger partial charge is 0.0830 e. The van der Waals surface area contributed by atoms with E-state index in [-0.39, 0.29) is 0 Å². The van der Waals surface area contributed by atoms with E-state index in [1.165, 1.54) is 5.56 Å². The van der Waals surface area contributed by atoms with Crippen LogP contribution in [0.25, 0.3) is 6.08 Å². The zero-order valence-electron chi connectivity index (χ0n) is 14.0. The number of morpholine rings is 1. The Bertz CT molecular complexity index is 631. The number of ether oxygens (including phenoxy) is 1. The molecule has 0 spiro atoms. The zero-order chi connectivity index (χ0) is 16.6. The predicted octanol–water partition coefficient (Wildman–Crippen LogP) is 3.31. The van der Waals surface area contributed by atoms with Crippen molar-refractivity contribution in [2.45, 2.75) is 12.5 Å². The van der Waals surface area contributed by atoms with Crippen molar-refractivity contribution in [1.82, 2.24) is 4.90 Å². The average Bonchev–Trinajstić information content (AvgIpc) is 2.64. The van der Waals surface area contributed by atoms with Gasteiger partial charge in [-0.1, -0.05) is 66.7 Å². The second-order valence-electron chi connectivity index (χ2n) is 6.19. The van der Waals surface area contributed by atoms with Gasteiger partial charge >= 0.3 is 0 Å². The quantitative estimate of drug-likeness (QED) is 0.885. The number of rotatable bonds is 6. The summed E-state index contributed by atoms with van der Waals surface area (Å²) in [6, 6.07) is 18.3. The van der Waals surface area contributed by atoms with Gasteiger partial charge in [-0.15, -0.1) is 0 Å². The van der Waals surface area contributed by atoms with Gasteiger partial charge in [0, 0.05) is 26.1 Å². The summed E-state index contributed by atoms with van der Waals surface area (Å²) in [5, 5.41) is 10.4. The SMILES string of the molecule is OC(Cc1ccccc1)c1ccc(/C=C/CN2CCOCC2)cc1. The molecular weight excluding hydrogens is 298 g/mol. The van der Waals surface area contributed by atoms with Crippen LogP contribution in [0, 0.1) is 0 Å². The molecule has 24 heavy (non-hydrogen) atoms. The molecule has 126 valence electrons. The van der Waals surface area contributed by atoms with Crippen LogP contribution in [0.4, 0.5) is 0 Å². The van der Waals surface area contributed by atoms with Crippen LogP contribution >= 0.6 is 0 Å². The van der Waals surface area contributed by atoms with Gasteiger partial charge < -0.3 is 9.84 Å². The first-order chi connectivity index (χ1) is 11.8. The largest absolute Gasteiger partial charge is 0.388 e. The second kappa shape index (κ2) is 8.78. The standard InChI is InChI=1S/C21H25NO2/c23-21(17-19-5-2-1-3-6-19)20-10-8-18(9-11-20)7-4-12-22-13-15-24-16-14-22/h1-11,21,23H,12-17H2/b7-4+. The van der Waals surface area contributed by atoms with E-state index in [1.54, 1.807) is 0 Å². The summed E-state index contributed by atoms with van der Waals surface area (Å²) in [7, 11) is 0. The van der Waals surface area contributed by atoms with Crippen LogP contribution in [-0.2, 0) is 11.2 Å². The van der Waals surface area contributed by atoms with Crippen LogP contribution < -0.4 is 0 Å². The van der Waals surface area contributed by atoms with Crippen molar-refractivity contribution in [1.29, 1.82) is 0 Å². The highest BCUT2D eigenvalue weighted by atomic mass is 16.5. The van der Waals surface area contributed by atoms with E-state index in [0.29, 0.717) is 6.42 Å². The third kappa shape index (κ3) is 5.03. The van der Waals surface area contributed by atoms with Crippen LogP contribution in [0.1, 0.15) is 22.8 Å². The summed E-state index contributed by atoms with van der Waals surface area (Å²) < 4.78 is 5.35. The predicted molar refractivity (Wildman–Crippen MR) is 97.8 cm³/mol. The first-order valence-corrected chi connectivity index (χ1v) is 8.60. The van der Waals surface area contributed by atoms with E-state index in [2.05, 4.69) is 29.2 Å². The maximum atomic E-state index is 10.4. The van der Waals surface area contributed by atoms with Gasteiger partial charge in [0.05, 0.1) is 19.3 Å². The first-order valence-electron chi connectivity index (χ1n) is 8.60. The molecule has 3 heteroatoms. The Balaban J connectivity index is 1.52. The molecule has 0 aliphatic carbocycles. The van der Waals surface area contributed by atoms with Gasteiger partial charge in [-0.3, -0.25) is 4.90 Å². The third-order valence-corrected chi connectivity index (χ3v) is 4.37. The molecule has 3 nitrogen and oxygen atoms in total. The van der Waals surface area contributed by atoms with E-state index in [0.717, 1.165) is 44.0 Å². The lowest BCUT2D eigenvalue weighted by Crippen LogP contribution is -2.36. The lowest BCUT2D eigenvalue weighted by Gasteiger charge is -2.25. The van der Waals surface area contributed by atoms with Gasteiger partial charge in [0.2, 0.25) is 0 Å². The van der Waals surface area contributed by atoms with Gasteiger partial charge in [0.15, 0.2) is 0 Å². The Hall–Kier alpha value is -1.94. The molecule has 0 amide bonds. The molecule has 1 saturated heterocycles. The monoisotopic (exact) mass is 323 g/mol. The van der Waals surface area contributed by atoms with Crippen molar-refractivity contribution in [3.8, 4) is 0 Å². The molecule has 1 aliphatic heterocycles. The summed E-state index contributed by atoms with van der Waals surface area (Å²) in [6.07, 6.45) is 4.52. The fourth-order valence-corrected chi connectivity index (χ4v) is 2.91. The topological polar surface area (TPSA) is 32.7 Å². The van der Waals surface area contributed by atoms with Crippen LogP contribution in [0.2, 0.25) is 0 Å². The Kier molecular flexibility index (Phi) is 6.19. The highest BCUT2D eigenvalue weighted by Crippen LogP contribution is 2.19. The number of hydrogen-bond acceptors (Lipinski definition) is 3. The lowest BCUT2D eigenvalue weighted by atomic mass is 10.0. The van der Waals surface area contributed by atoms with Crippen molar-refractivity contribution in [3.63, 3.8) is 0 Å². The average molecular weight is 323 g/mol. The van der Waals surface area contributed by atoms with E-state index in [1.807, 2.05) is 42.5 Å². The minimum absolute atomic E-state index is 0.459. The summed E-state index contributed by atoms with van der Waals surface area (Å²) in [6.45, 7) is 4.65. The molecule has 0 saturated carbocycles. The summed E-state index contributed by atoms with van der Waals surface area (Å²) in [4.78, 5) is 2.39. The Morgan fingerprint density at radius 1 is 1.00 bits per heavy atom. The van der Waals surface area contributed by atoms with Gasteiger partial charge in [0.25, 0.3) is 0 Å². The Labute approximate surface area is 144 Å². The lowest BCUT2D eigenvalue weighted by molar-refractivity contribution is 0.0435. The normalized spacial score (nSPS) is 17.2.